The van der Waals surface area contributed by atoms with Crippen molar-refractivity contribution < 1.29 is 9.22 Å². The predicted octanol–water partition coefficient (Wildman–Crippen LogP) is 4.19. The second-order valence-electron chi connectivity index (χ2n) is 6.08. The van der Waals surface area contributed by atoms with Crippen LogP contribution in [-0.2, 0) is 0 Å². The van der Waals surface area contributed by atoms with Crippen LogP contribution in [-0.4, -0.2) is 21.3 Å². The van der Waals surface area contributed by atoms with Gasteiger partial charge in [-0.25, -0.2) is 0 Å². The van der Waals surface area contributed by atoms with Gasteiger partial charge in [-0.2, -0.15) is 0 Å². The van der Waals surface area contributed by atoms with Crippen LogP contribution in [0, 0.1) is 0 Å². The van der Waals surface area contributed by atoms with Gasteiger partial charge in [0.05, 0.1) is 5.56 Å². The summed E-state index contributed by atoms with van der Waals surface area (Å²) in [4.78, 5) is 11.9. The normalized spacial score (nSPS) is 12.2. The first-order chi connectivity index (χ1) is 8.58. The van der Waals surface area contributed by atoms with Crippen molar-refractivity contribution in [3.8, 4) is 5.75 Å². The molecule has 1 aromatic rings. The standard InChI is InChI=1S/C14H22BrNO2Si/c1-14(2,3)19(5,6)18-12-9-10(15)7-8-11(12)13(17)16-4/h7-9H,1-6H3,(H,16,17). The van der Waals surface area contributed by atoms with E-state index in [1.165, 1.54) is 0 Å². The van der Waals surface area contributed by atoms with E-state index in [2.05, 4.69) is 55.1 Å². The molecule has 0 aliphatic rings. The first-order valence-electron chi connectivity index (χ1n) is 6.29. The maximum absolute atomic E-state index is 11.9. The fourth-order valence-corrected chi connectivity index (χ4v) is 2.70. The zero-order valence-corrected chi connectivity index (χ0v) is 15.0. The lowest BCUT2D eigenvalue weighted by Gasteiger charge is -2.37. The van der Waals surface area contributed by atoms with E-state index in [0.717, 1.165) is 4.47 Å². The van der Waals surface area contributed by atoms with Gasteiger partial charge in [0, 0.05) is 11.5 Å². The number of hydrogen-bond donors (Lipinski definition) is 1. The Morgan fingerprint density at radius 2 is 1.89 bits per heavy atom. The maximum atomic E-state index is 11.9. The molecule has 0 atom stereocenters. The van der Waals surface area contributed by atoms with Gasteiger partial charge >= 0.3 is 0 Å². The molecule has 1 N–H and O–H groups in total. The lowest BCUT2D eigenvalue weighted by Crippen LogP contribution is -2.44. The van der Waals surface area contributed by atoms with E-state index < -0.39 is 8.32 Å². The molecule has 0 spiro atoms. The Labute approximate surface area is 125 Å². The molecule has 0 heterocycles. The number of carbonyl (C=O) groups excluding carboxylic acids is 1. The highest BCUT2D eigenvalue weighted by Crippen LogP contribution is 2.38. The number of nitrogens with one attached hydrogen (secondary N) is 1. The Balaban J connectivity index is 3.20. The van der Waals surface area contributed by atoms with Crippen LogP contribution in [0.3, 0.4) is 0 Å². The Kier molecular flexibility index (Phi) is 4.85. The highest BCUT2D eigenvalue weighted by molar-refractivity contribution is 9.10. The van der Waals surface area contributed by atoms with E-state index in [1.807, 2.05) is 12.1 Å². The topological polar surface area (TPSA) is 38.3 Å². The van der Waals surface area contributed by atoms with E-state index in [4.69, 9.17) is 4.43 Å². The summed E-state index contributed by atoms with van der Waals surface area (Å²) in [7, 11) is -0.334. The van der Waals surface area contributed by atoms with Gasteiger partial charge in [0.15, 0.2) is 0 Å². The van der Waals surface area contributed by atoms with Crippen molar-refractivity contribution in [1.82, 2.24) is 5.32 Å². The molecule has 19 heavy (non-hydrogen) atoms. The van der Waals surface area contributed by atoms with Gasteiger partial charge in [0.1, 0.15) is 5.75 Å². The monoisotopic (exact) mass is 343 g/mol. The summed E-state index contributed by atoms with van der Waals surface area (Å²) in [5.41, 5.74) is 0.579. The van der Waals surface area contributed by atoms with Crippen LogP contribution >= 0.6 is 15.9 Å². The quantitative estimate of drug-likeness (QED) is 0.835. The van der Waals surface area contributed by atoms with Crippen molar-refractivity contribution >= 4 is 30.2 Å². The third-order valence-corrected chi connectivity index (χ3v) is 8.42. The molecule has 0 aromatic heterocycles. The molecule has 106 valence electrons. The van der Waals surface area contributed by atoms with Crippen LogP contribution in [0.1, 0.15) is 31.1 Å². The molecule has 1 aromatic carbocycles. The fourth-order valence-electron chi connectivity index (χ4n) is 1.33. The van der Waals surface area contributed by atoms with Gasteiger partial charge in [0.2, 0.25) is 0 Å². The van der Waals surface area contributed by atoms with E-state index in [-0.39, 0.29) is 10.9 Å². The molecule has 5 heteroatoms. The van der Waals surface area contributed by atoms with Gasteiger partial charge in [-0.05, 0) is 36.3 Å². The van der Waals surface area contributed by atoms with Crippen LogP contribution in [0.25, 0.3) is 0 Å². The van der Waals surface area contributed by atoms with Gasteiger partial charge in [-0.15, -0.1) is 0 Å². The lowest BCUT2D eigenvalue weighted by atomic mass is 10.2. The molecule has 0 saturated carbocycles. The summed E-state index contributed by atoms with van der Waals surface area (Å²) in [5, 5.41) is 2.74. The first-order valence-corrected chi connectivity index (χ1v) is 9.99. The Hall–Kier alpha value is -0.813. The largest absolute Gasteiger partial charge is 0.543 e. The number of hydrogen-bond acceptors (Lipinski definition) is 2. The minimum absolute atomic E-state index is 0.0925. The highest BCUT2D eigenvalue weighted by atomic mass is 79.9. The Morgan fingerprint density at radius 3 is 2.37 bits per heavy atom. The predicted molar refractivity (Wildman–Crippen MR) is 85.4 cm³/mol. The summed E-state index contributed by atoms with van der Waals surface area (Å²) in [6, 6.07) is 5.50. The number of halogens is 1. The molecular weight excluding hydrogens is 322 g/mol. The molecule has 0 unspecified atom stereocenters. The summed E-state index contributed by atoms with van der Waals surface area (Å²) in [6.07, 6.45) is 0. The molecule has 0 aliphatic carbocycles. The van der Waals surface area contributed by atoms with Gasteiger partial charge in [-0.1, -0.05) is 36.7 Å². The summed E-state index contributed by atoms with van der Waals surface area (Å²) in [5.74, 6) is 0.529. The van der Waals surface area contributed by atoms with Crippen LogP contribution < -0.4 is 9.74 Å². The van der Waals surface area contributed by atoms with Crippen LogP contribution in [0.5, 0.6) is 5.75 Å². The number of benzene rings is 1. The molecule has 0 saturated heterocycles. The molecule has 1 amide bonds. The van der Waals surface area contributed by atoms with Crippen molar-refractivity contribution in [2.75, 3.05) is 7.05 Å². The first kappa shape index (κ1) is 16.2. The lowest BCUT2D eigenvalue weighted by molar-refractivity contribution is 0.0961. The van der Waals surface area contributed by atoms with Gasteiger partial charge in [-0.3, -0.25) is 4.79 Å². The van der Waals surface area contributed by atoms with Crippen molar-refractivity contribution in [2.45, 2.75) is 38.9 Å². The average Bonchev–Trinajstić information content (AvgIpc) is 2.26. The molecule has 1 rings (SSSR count). The van der Waals surface area contributed by atoms with Gasteiger partial charge in [0.25, 0.3) is 14.2 Å². The maximum Gasteiger partial charge on any atom is 0.254 e. The smallest absolute Gasteiger partial charge is 0.254 e. The van der Waals surface area contributed by atoms with Crippen LogP contribution in [0.2, 0.25) is 18.1 Å². The minimum atomic E-state index is -1.96. The Bertz CT molecular complexity index is 481. The van der Waals surface area contributed by atoms with E-state index >= 15 is 0 Å². The third-order valence-electron chi connectivity index (χ3n) is 3.59. The van der Waals surface area contributed by atoms with Gasteiger partial charge < -0.3 is 9.74 Å². The minimum Gasteiger partial charge on any atom is -0.543 e. The summed E-state index contributed by atoms with van der Waals surface area (Å²) in [6.45, 7) is 10.9. The molecule has 0 aliphatic heterocycles. The second kappa shape index (κ2) is 5.67. The molecule has 0 radical (unpaired) electrons. The van der Waals surface area contributed by atoms with Crippen molar-refractivity contribution in [3.63, 3.8) is 0 Å². The zero-order valence-electron chi connectivity index (χ0n) is 12.4. The van der Waals surface area contributed by atoms with Crippen LogP contribution in [0.15, 0.2) is 22.7 Å². The summed E-state index contributed by atoms with van der Waals surface area (Å²) < 4.78 is 7.16. The Morgan fingerprint density at radius 1 is 1.32 bits per heavy atom. The second-order valence-corrected chi connectivity index (χ2v) is 11.7. The number of carbonyl (C=O) groups is 1. The van der Waals surface area contributed by atoms with Crippen molar-refractivity contribution in [2.24, 2.45) is 0 Å². The molecular formula is C14H22BrNO2Si. The fraction of sp³-hybridized carbons (Fsp3) is 0.500. The third kappa shape index (κ3) is 3.83. The van der Waals surface area contributed by atoms with Crippen molar-refractivity contribution in [3.05, 3.63) is 28.2 Å². The summed E-state index contributed by atoms with van der Waals surface area (Å²) >= 11 is 3.43. The van der Waals surface area contributed by atoms with Crippen molar-refractivity contribution in [1.29, 1.82) is 0 Å². The van der Waals surface area contributed by atoms with E-state index in [9.17, 15) is 4.79 Å². The number of rotatable bonds is 3. The zero-order chi connectivity index (χ0) is 14.8. The molecule has 0 bridgehead atoms. The highest BCUT2D eigenvalue weighted by Gasteiger charge is 2.39. The molecule has 3 nitrogen and oxygen atoms in total. The van der Waals surface area contributed by atoms with E-state index in [1.54, 1.807) is 13.1 Å². The molecule has 0 fully saturated rings. The van der Waals surface area contributed by atoms with Crippen LogP contribution in [0.4, 0.5) is 0 Å². The number of amides is 1. The SMILES string of the molecule is CNC(=O)c1ccc(Br)cc1O[Si](C)(C)C(C)(C)C. The van der Waals surface area contributed by atoms with E-state index in [0.29, 0.717) is 11.3 Å². The average molecular weight is 344 g/mol.